The molecule has 2 aromatic rings. The van der Waals surface area contributed by atoms with E-state index >= 15 is 0 Å². The van der Waals surface area contributed by atoms with Gasteiger partial charge in [0.1, 0.15) is 5.82 Å². The molecule has 0 bridgehead atoms. The Morgan fingerprint density at radius 3 is 2.44 bits per heavy atom. The van der Waals surface area contributed by atoms with Crippen LogP contribution in [0.3, 0.4) is 0 Å². The van der Waals surface area contributed by atoms with Gasteiger partial charge < -0.3 is 9.88 Å². The zero-order valence-corrected chi connectivity index (χ0v) is 12.0. The van der Waals surface area contributed by atoms with E-state index in [1.807, 2.05) is 14.1 Å². The van der Waals surface area contributed by atoms with E-state index < -0.39 is 0 Å². The van der Waals surface area contributed by atoms with Crippen LogP contribution in [0.25, 0.3) is 11.3 Å². The summed E-state index contributed by atoms with van der Waals surface area (Å²) in [5.41, 5.74) is 4.50. The second kappa shape index (κ2) is 5.48. The summed E-state index contributed by atoms with van der Waals surface area (Å²) in [6.45, 7) is 2.06. The van der Waals surface area contributed by atoms with Gasteiger partial charge in [0.15, 0.2) is 0 Å². The number of imidazole rings is 1. The third-order valence-corrected chi connectivity index (χ3v) is 3.16. The molecule has 1 aromatic heterocycles. The van der Waals surface area contributed by atoms with E-state index in [-0.39, 0.29) is 0 Å². The van der Waals surface area contributed by atoms with Crippen LogP contribution in [-0.2, 0) is 6.42 Å². The van der Waals surface area contributed by atoms with Crippen LogP contribution in [0.15, 0.2) is 24.3 Å². The van der Waals surface area contributed by atoms with Gasteiger partial charge in [-0.1, -0.05) is 12.1 Å². The summed E-state index contributed by atoms with van der Waals surface area (Å²) < 4.78 is 0. The lowest BCUT2D eigenvalue weighted by Crippen LogP contribution is -2.07. The largest absolute Gasteiger partial charge is 0.378 e. The predicted molar refractivity (Wildman–Crippen MR) is 80.6 cm³/mol. The summed E-state index contributed by atoms with van der Waals surface area (Å²) in [6, 6.07) is 8.45. The van der Waals surface area contributed by atoms with Gasteiger partial charge in [-0.15, -0.1) is 0 Å². The lowest BCUT2D eigenvalue weighted by Gasteiger charge is -2.12. The number of hydrogen-bond acceptors (Lipinski definition) is 3. The Morgan fingerprint density at radius 2 is 1.89 bits per heavy atom. The van der Waals surface area contributed by atoms with Crippen LogP contribution < -0.4 is 4.90 Å². The average molecular weight is 261 g/mol. The topological polar surface area (TPSA) is 31.9 Å². The lowest BCUT2D eigenvalue weighted by atomic mass is 10.1. The Bertz CT molecular complexity index is 514. The molecular weight excluding hydrogens is 242 g/mol. The SMILES string of the molecule is Cc1[nH]c(CCS)nc1-c1ccc(N(C)C)cc1. The minimum absolute atomic E-state index is 0.811. The Morgan fingerprint density at radius 1 is 1.22 bits per heavy atom. The fraction of sp³-hybridized carbons (Fsp3) is 0.357. The highest BCUT2D eigenvalue weighted by molar-refractivity contribution is 7.80. The number of nitrogens with one attached hydrogen (secondary N) is 1. The third-order valence-electron chi connectivity index (χ3n) is 2.94. The van der Waals surface area contributed by atoms with Crippen molar-refractivity contribution in [3.05, 3.63) is 35.8 Å². The first kappa shape index (κ1) is 13.0. The van der Waals surface area contributed by atoms with Crippen molar-refractivity contribution in [3.63, 3.8) is 0 Å². The van der Waals surface area contributed by atoms with Crippen LogP contribution >= 0.6 is 12.6 Å². The molecule has 4 heteroatoms. The van der Waals surface area contributed by atoms with E-state index in [0.29, 0.717) is 0 Å². The van der Waals surface area contributed by atoms with Crippen molar-refractivity contribution in [2.75, 3.05) is 24.7 Å². The summed E-state index contributed by atoms with van der Waals surface area (Å²) in [4.78, 5) is 10.0. The highest BCUT2D eigenvalue weighted by Gasteiger charge is 2.08. The number of aromatic nitrogens is 2. The van der Waals surface area contributed by atoms with Crippen molar-refractivity contribution in [1.29, 1.82) is 0 Å². The number of rotatable bonds is 4. The number of anilines is 1. The summed E-state index contributed by atoms with van der Waals surface area (Å²) in [5.74, 6) is 1.82. The van der Waals surface area contributed by atoms with Gasteiger partial charge in [0.25, 0.3) is 0 Å². The number of aromatic amines is 1. The van der Waals surface area contributed by atoms with Crippen LogP contribution in [0.2, 0.25) is 0 Å². The van der Waals surface area contributed by atoms with Crippen LogP contribution in [0, 0.1) is 6.92 Å². The van der Waals surface area contributed by atoms with Gasteiger partial charge in [-0.2, -0.15) is 12.6 Å². The molecule has 2 rings (SSSR count). The van der Waals surface area contributed by atoms with Crippen LogP contribution in [-0.4, -0.2) is 29.8 Å². The molecule has 18 heavy (non-hydrogen) atoms. The molecule has 0 aliphatic heterocycles. The second-order valence-corrected chi connectivity index (χ2v) is 5.02. The standard InChI is InChI=1S/C14H19N3S/c1-10-14(16-13(15-10)8-9-18)11-4-6-12(7-5-11)17(2)3/h4-7,18H,8-9H2,1-3H3,(H,15,16). The van der Waals surface area contributed by atoms with E-state index in [0.717, 1.165) is 34.9 Å². The molecule has 1 aromatic carbocycles. The summed E-state index contributed by atoms with van der Waals surface area (Å²) in [6.07, 6.45) is 0.875. The third kappa shape index (κ3) is 2.70. The monoisotopic (exact) mass is 261 g/mol. The molecule has 1 N–H and O–H groups in total. The zero-order chi connectivity index (χ0) is 13.1. The van der Waals surface area contributed by atoms with Gasteiger partial charge in [-0.3, -0.25) is 0 Å². The van der Waals surface area contributed by atoms with E-state index in [2.05, 4.69) is 58.7 Å². The van der Waals surface area contributed by atoms with Crippen LogP contribution in [0.5, 0.6) is 0 Å². The van der Waals surface area contributed by atoms with Gasteiger partial charge in [-0.05, 0) is 24.8 Å². The Kier molecular flexibility index (Phi) is 3.97. The highest BCUT2D eigenvalue weighted by Crippen LogP contribution is 2.23. The Balaban J connectivity index is 2.30. The first-order valence-corrected chi connectivity index (χ1v) is 6.69. The number of aryl methyl sites for hydroxylation is 2. The molecule has 96 valence electrons. The van der Waals surface area contributed by atoms with Crippen LogP contribution in [0.1, 0.15) is 11.5 Å². The van der Waals surface area contributed by atoms with E-state index in [4.69, 9.17) is 0 Å². The van der Waals surface area contributed by atoms with Gasteiger partial charge in [0, 0.05) is 37.5 Å². The van der Waals surface area contributed by atoms with E-state index in [1.165, 1.54) is 5.69 Å². The van der Waals surface area contributed by atoms with Crippen molar-refractivity contribution in [2.24, 2.45) is 0 Å². The molecule has 0 spiro atoms. The quantitative estimate of drug-likeness (QED) is 0.829. The maximum atomic E-state index is 4.63. The minimum Gasteiger partial charge on any atom is -0.378 e. The molecule has 0 saturated carbocycles. The fourth-order valence-electron chi connectivity index (χ4n) is 1.95. The number of benzene rings is 1. The number of hydrogen-bond donors (Lipinski definition) is 2. The Labute approximate surface area is 114 Å². The van der Waals surface area contributed by atoms with Crippen molar-refractivity contribution in [2.45, 2.75) is 13.3 Å². The number of H-pyrrole nitrogens is 1. The number of nitrogens with zero attached hydrogens (tertiary/aromatic N) is 2. The lowest BCUT2D eigenvalue weighted by molar-refractivity contribution is 0.995. The zero-order valence-electron chi connectivity index (χ0n) is 11.1. The van der Waals surface area contributed by atoms with Crippen molar-refractivity contribution in [1.82, 2.24) is 9.97 Å². The molecule has 0 unspecified atom stereocenters. The summed E-state index contributed by atoms with van der Waals surface area (Å²) in [5, 5.41) is 0. The van der Waals surface area contributed by atoms with Crippen molar-refractivity contribution in [3.8, 4) is 11.3 Å². The smallest absolute Gasteiger partial charge is 0.107 e. The van der Waals surface area contributed by atoms with Crippen molar-refractivity contribution < 1.29 is 0 Å². The highest BCUT2D eigenvalue weighted by atomic mass is 32.1. The van der Waals surface area contributed by atoms with Crippen LogP contribution in [0.4, 0.5) is 5.69 Å². The molecule has 0 aliphatic rings. The molecular formula is C14H19N3S. The molecule has 3 nitrogen and oxygen atoms in total. The fourth-order valence-corrected chi connectivity index (χ4v) is 2.16. The molecule has 0 saturated heterocycles. The van der Waals surface area contributed by atoms with Gasteiger partial charge in [0.2, 0.25) is 0 Å². The summed E-state index contributed by atoms with van der Waals surface area (Å²) >= 11 is 4.23. The second-order valence-electron chi connectivity index (χ2n) is 4.57. The first-order chi connectivity index (χ1) is 8.61. The molecule has 0 amide bonds. The van der Waals surface area contributed by atoms with Gasteiger partial charge in [-0.25, -0.2) is 4.98 Å². The molecule has 1 heterocycles. The summed E-state index contributed by atoms with van der Waals surface area (Å²) in [7, 11) is 4.08. The predicted octanol–water partition coefficient (Wildman–Crippen LogP) is 2.92. The van der Waals surface area contributed by atoms with Gasteiger partial charge >= 0.3 is 0 Å². The minimum atomic E-state index is 0.811. The van der Waals surface area contributed by atoms with Gasteiger partial charge in [0.05, 0.1) is 5.69 Å². The number of thiol groups is 1. The molecule has 0 aliphatic carbocycles. The van der Waals surface area contributed by atoms with Crippen molar-refractivity contribution >= 4 is 18.3 Å². The average Bonchev–Trinajstić information content (AvgIpc) is 2.71. The maximum Gasteiger partial charge on any atom is 0.107 e. The molecule has 0 atom stereocenters. The normalized spacial score (nSPS) is 10.7. The molecule has 0 radical (unpaired) electrons. The van der Waals surface area contributed by atoms with E-state index in [9.17, 15) is 0 Å². The maximum absolute atomic E-state index is 4.63. The Hall–Kier alpha value is -1.42. The first-order valence-electron chi connectivity index (χ1n) is 6.06. The van der Waals surface area contributed by atoms with E-state index in [1.54, 1.807) is 0 Å². The molecule has 0 fully saturated rings.